The maximum absolute atomic E-state index is 16.6. The number of benzene rings is 1. The molecule has 0 bridgehead atoms. The average molecular weight is 1290 g/mol. The van der Waals surface area contributed by atoms with Gasteiger partial charge in [-0.2, -0.15) is 0 Å². The van der Waals surface area contributed by atoms with E-state index in [0.717, 1.165) is 17.7 Å². The van der Waals surface area contributed by atoms with Crippen LogP contribution in [0.3, 0.4) is 0 Å². The van der Waals surface area contributed by atoms with Gasteiger partial charge < -0.3 is 102 Å². The van der Waals surface area contributed by atoms with Crippen LogP contribution < -0.4 is 77.4 Å². The van der Waals surface area contributed by atoms with Gasteiger partial charge in [-0.15, -0.1) is 0 Å². The second kappa shape index (κ2) is 35.2. The van der Waals surface area contributed by atoms with Crippen LogP contribution in [0.5, 0.6) is 0 Å². The number of carbonyl (C=O) groups is 10. The van der Waals surface area contributed by atoms with Crippen LogP contribution in [-0.4, -0.2) is 233 Å². The number of carboxylic acids is 1. The van der Waals surface area contributed by atoms with E-state index in [2.05, 4.69) is 52.2 Å². The number of guanidine groups is 3. The molecule has 6 rings (SSSR count). The van der Waals surface area contributed by atoms with Crippen LogP contribution in [0, 0.1) is 11.8 Å². The zero-order valence-electron chi connectivity index (χ0n) is 52.2. The molecule has 14 unspecified atom stereocenters. The number of rotatable bonds is 35. The van der Waals surface area contributed by atoms with Crippen molar-refractivity contribution in [2.45, 2.75) is 182 Å². The number of aliphatic hydroxyl groups excluding tert-OH is 2. The van der Waals surface area contributed by atoms with Crippen molar-refractivity contribution < 1.29 is 68.0 Å². The van der Waals surface area contributed by atoms with Crippen molar-refractivity contribution in [2.24, 2.45) is 66.9 Å². The quantitative estimate of drug-likeness (QED) is 0.00988. The zero-order chi connectivity index (χ0) is 67.2. The number of hydrogen-bond acceptors (Lipinski definition) is 20. The Morgan fingerprint density at radius 3 is 2.01 bits per heavy atom. The van der Waals surface area contributed by atoms with Gasteiger partial charge in [-0.05, 0) is 95.0 Å². The van der Waals surface area contributed by atoms with Gasteiger partial charge in [-0.25, -0.2) is 4.79 Å². The first-order valence-electron chi connectivity index (χ1n) is 31.7. The molecule has 33 nitrogen and oxygen atoms in total. The molecule has 0 aromatic heterocycles. The number of aliphatic imine (C=N–C) groups is 3. The van der Waals surface area contributed by atoms with Gasteiger partial charge in [0.05, 0.1) is 61.5 Å². The third-order valence-electron chi connectivity index (χ3n) is 17.5. The Hall–Kier alpha value is -7.95. The van der Waals surface area contributed by atoms with Crippen LogP contribution in [0.25, 0.3) is 0 Å². The predicted octanol–water partition coefficient (Wildman–Crippen LogP) is -6.39. The minimum atomic E-state index is -3.76. The molecule has 0 spiro atoms. The van der Waals surface area contributed by atoms with E-state index in [1.807, 2.05) is 6.92 Å². The van der Waals surface area contributed by atoms with Crippen LogP contribution in [0.15, 0.2) is 45.3 Å². The number of likely N-dealkylation sites (tertiary alicyclic amines) is 1. The molecule has 14 atom stereocenters. The molecule has 1 aromatic carbocycles. The van der Waals surface area contributed by atoms with Gasteiger partial charge in [-0.3, -0.25) is 63.0 Å². The van der Waals surface area contributed by atoms with Crippen LogP contribution in [-0.2, 0) is 59.1 Å². The lowest BCUT2D eigenvalue weighted by molar-refractivity contribution is -0.179. The highest BCUT2D eigenvalue weighted by Crippen LogP contribution is 2.40. The van der Waals surface area contributed by atoms with Crippen molar-refractivity contribution in [1.29, 1.82) is 0 Å². The number of imide groups is 1. The zero-order valence-corrected chi connectivity index (χ0v) is 52.2. The first kappa shape index (κ1) is 73.1. The van der Waals surface area contributed by atoms with Crippen LogP contribution in [0.2, 0.25) is 0 Å². The summed E-state index contributed by atoms with van der Waals surface area (Å²) in [7, 11) is 0. The maximum Gasteiger partial charge on any atom is 0.338 e. The molecule has 24 N–H and O–H groups in total. The average Bonchev–Trinajstić information content (AvgIpc) is 0.915. The van der Waals surface area contributed by atoms with Crippen molar-refractivity contribution in [2.75, 3.05) is 59.0 Å². The van der Waals surface area contributed by atoms with Crippen molar-refractivity contribution in [3.05, 3.63) is 35.9 Å². The van der Waals surface area contributed by atoms with Crippen molar-refractivity contribution in [3.8, 4) is 0 Å². The Bertz CT molecular complexity index is 2820. The van der Waals surface area contributed by atoms with Crippen LogP contribution in [0.4, 0.5) is 0 Å². The molecule has 1 aromatic rings. The molecule has 33 heteroatoms. The van der Waals surface area contributed by atoms with Crippen molar-refractivity contribution in [3.63, 3.8) is 0 Å². The highest BCUT2D eigenvalue weighted by molar-refractivity contribution is 6.21. The summed E-state index contributed by atoms with van der Waals surface area (Å²) in [5.41, 5.74) is 36.8. The first-order chi connectivity index (χ1) is 43.9. The molecular weight excluding hydrogens is 1200 g/mol. The molecule has 4 saturated heterocycles. The molecule has 92 heavy (non-hydrogen) atoms. The van der Waals surface area contributed by atoms with E-state index in [-0.39, 0.29) is 132 Å². The molecule has 1 saturated carbocycles. The lowest BCUT2D eigenvalue weighted by Gasteiger charge is -2.46. The number of ketones is 2. The summed E-state index contributed by atoms with van der Waals surface area (Å²) in [6.45, 7) is -0.502. The number of carbonyl (C=O) groups excluding carboxylic acids is 9. The Morgan fingerprint density at radius 1 is 0.739 bits per heavy atom. The molecule has 0 radical (unpaired) electrons. The molecule has 7 amide bonds. The fraction of sp³-hybridized carbons (Fsp3) is 0.678. The summed E-state index contributed by atoms with van der Waals surface area (Å²) < 4.78 is 6.00. The lowest BCUT2D eigenvalue weighted by Crippen LogP contribution is -2.76. The molecule has 5 aliphatic rings. The van der Waals surface area contributed by atoms with E-state index in [1.54, 1.807) is 30.3 Å². The lowest BCUT2D eigenvalue weighted by atomic mass is 9.70. The molecule has 5 fully saturated rings. The summed E-state index contributed by atoms with van der Waals surface area (Å²) in [6.07, 6.45) is 1.07. The molecule has 1 aliphatic carbocycles. The topological polar surface area (TPSA) is 551 Å². The largest absolute Gasteiger partial charge is 0.479 e. The highest BCUT2D eigenvalue weighted by Gasteiger charge is 2.67. The predicted molar refractivity (Wildman–Crippen MR) is 336 cm³/mol. The smallest absolute Gasteiger partial charge is 0.338 e. The third kappa shape index (κ3) is 19.5. The van der Waals surface area contributed by atoms with Gasteiger partial charge in [0.1, 0.15) is 18.1 Å². The van der Waals surface area contributed by atoms with Crippen LogP contribution in [0.1, 0.15) is 109 Å². The number of ether oxygens (including phenoxy) is 1. The first-order valence-corrected chi connectivity index (χ1v) is 31.7. The number of fused-ring (bicyclic) bond motifs is 1. The summed E-state index contributed by atoms with van der Waals surface area (Å²) in [6, 6.07) is -4.02. The van der Waals surface area contributed by atoms with Crippen molar-refractivity contribution >= 4 is 76.8 Å². The number of nitrogens with two attached hydrogens (primary N) is 7. The SMILES string of the molecule is CCCOC1CNC(C(=O)N(C(=O)C2CC3CCCCC3N2)C(C(=O)O)(C(=O)C(CO)NC(=O)C(Cc2ccccc2)NC(=O)CNC(=O)C2CC(O)CN2)C(CCN=C(N)N)C(=O)C2CCCN2C(=O)C(CCCN=C(N)N)NC(=O)C(N)CCCN=C(N)N)C1. The van der Waals surface area contributed by atoms with Crippen molar-refractivity contribution in [1.82, 2.24) is 47.0 Å². The Morgan fingerprint density at radius 2 is 1.38 bits per heavy atom. The van der Waals surface area contributed by atoms with E-state index in [4.69, 9.17) is 44.9 Å². The van der Waals surface area contributed by atoms with E-state index < -0.39 is 163 Å². The molecular formula is C59H95N19O14. The summed E-state index contributed by atoms with van der Waals surface area (Å²) in [5.74, 6) is -15.5. The number of Topliss-reactive ketones (excluding diaryl/α,β-unsaturated/α-hetero) is 2. The number of aliphatic hydroxyl groups is 2. The molecule has 4 aliphatic heterocycles. The highest BCUT2D eigenvalue weighted by atomic mass is 16.5. The van der Waals surface area contributed by atoms with Gasteiger partial charge in [-0.1, -0.05) is 50.1 Å². The number of carboxylic acid groups (broad SMARTS) is 1. The summed E-state index contributed by atoms with van der Waals surface area (Å²) in [4.78, 5) is 164. The van der Waals surface area contributed by atoms with Gasteiger partial charge in [0.2, 0.25) is 46.9 Å². The normalized spacial score (nSPS) is 24.0. The van der Waals surface area contributed by atoms with E-state index >= 15 is 28.8 Å². The third-order valence-corrected chi connectivity index (χ3v) is 17.5. The van der Waals surface area contributed by atoms with Gasteiger partial charge in [0, 0.05) is 58.3 Å². The number of nitrogens with zero attached hydrogens (tertiary/aromatic N) is 5. The molecule has 4 heterocycles. The Balaban J connectivity index is 1.50. The van der Waals surface area contributed by atoms with Crippen LogP contribution >= 0.6 is 0 Å². The summed E-state index contributed by atoms with van der Waals surface area (Å²) in [5, 5.41) is 53.1. The van der Waals surface area contributed by atoms with Gasteiger partial charge in [0.15, 0.2) is 29.4 Å². The monoisotopic (exact) mass is 1290 g/mol. The number of hydrogen-bond donors (Lipinski definition) is 17. The fourth-order valence-corrected chi connectivity index (χ4v) is 12.9. The minimum absolute atomic E-state index is 0.00747. The Labute approximate surface area is 533 Å². The van der Waals surface area contributed by atoms with E-state index in [9.17, 15) is 34.5 Å². The fourth-order valence-electron chi connectivity index (χ4n) is 12.9. The molecule has 510 valence electrons. The minimum Gasteiger partial charge on any atom is -0.479 e. The summed E-state index contributed by atoms with van der Waals surface area (Å²) >= 11 is 0. The second-order valence-corrected chi connectivity index (χ2v) is 24.2. The number of amides is 7. The maximum atomic E-state index is 16.6. The number of β-amino-alcohol motifs (C(OH)–C–C–N with tert-alkyl or cyclic N) is 1. The van der Waals surface area contributed by atoms with E-state index in [1.165, 1.54) is 0 Å². The second-order valence-electron chi connectivity index (χ2n) is 24.2. The van der Waals surface area contributed by atoms with Gasteiger partial charge >= 0.3 is 5.97 Å². The van der Waals surface area contributed by atoms with E-state index in [0.29, 0.717) is 24.8 Å². The standard InChI is InChI=1S/C59H95N19O14/c1-2-23-92-35-27-42(71-29-35)53(88)78(54(89)43-25-33-13-6-7-15-38(33)73-43)59(55(90)91,48(83)44(31-79)76-51(86)41(24-32-11-4-3-5-12-32)74-46(81)30-72-50(85)40-26-34(80)28-70-40)36(18-21-69-58(65)66)47(82)45-17-10-22-77(45)52(87)39(16-9-20-68-57(63)64)75-49(84)37(60)14-8-19-67-56(61)62/h3-5,11-12,33-45,70-71,73,79-80H,2,6-10,13-31,60H2,1H3,(H,72,85)(H,74,81)(H,75,84)(H,76,86)(H,90,91)(H4,61,62,67)(H4,63,64,68)(H4,65,66,69). The number of aliphatic carboxylic acids is 1. The Kier molecular flexibility index (Phi) is 28.0. The number of nitrogens with one attached hydrogen (secondary N) is 7. The van der Waals surface area contributed by atoms with Gasteiger partial charge in [0.25, 0.3) is 0 Å².